The molecule has 3 heteroatoms. The van der Waals surface area contributed by atoms with E-state index in [4.69, 9.17) is 10.5 Å². The molecule has 0 radical (unpaired) electrons. The molecule has 1 fully saturated rings. The molecule has 0 aliphatic carbocycles. The number of carbonyl (C=O) groups excluding carboxylic acids is 1. The Balaban J connectivity index is 2.63. The Labute approximate surface area is 79.6 Å². The topological polar surface area (TPSA) is 52.3 Å². The van der Waals surface area contributed by atoms with Crippen molar-refractivity contribution in [3.05, 3.63) is 0 Å². The number of carbonyl (C=O) groups is 1. The minimum absolute atomic E-state index is 0.0176. The average molecular weight is 185 g/mol. The van der Waals surface area contributed by atoms with Crippen molar-refractivity contribution in [1.82, 2.24) is 0 Å². The van der Waals surface area contributed by atoms with Crippen LogP contribution in [0.1, 0.15) is 39.5 Å². The maximum absolute atomic E-state index is 11.6. The molecule has 0 saturated carbocycles. The second kappa shape index (κ2) is 4.09. The predicted octanol–water partition coefficient (Wildman–Crippen LogP) is 1.46. The summed E-state index contributed by atoms with van der Waals surface area (Å²) in [6.45, 7) is 4.70. The third-order valence-electron chi connectivity index (χ3n) is 3.17. The van der Waals surface area contributed by atoms with Crippen LogP contribution in [-0.2, 0) is 9.53 Å². The minimum atomic E-state index is -0.208. The van der Waals surface area contributed by atoms with Crippen LogP contribution in [0, 0.1) is 5.41 Å². The summed E-state index contributed by atoms with van der Waals surface area (Å²) < 4.78 is 5.28. The van der Waals surface area contributed by atoms with Crippen LogP contribution in [-0.4, -0.2) is 18.6 Å². The maximum Gasteiger partial charge on any atom is 0.312 e. The second-order valence-electron chi connectivity index (χ2n) is 3.80. The van der Waals surface area contributed by atoms with Gasteiger partial charge in [0.25, 0.3) is 0 Å². The van der Waals surface area contributed by atoms with Crippen LogP contribution < -0.4 is 5.73 Å². The van der Waals surface area contributed by atoms with Crippen molar-refractivity contribution in [1.29, 1.82) is 0 Å². The van der Waals surface area contributed by atoms with Crippen LogP contribution in [0.3, 0.4) is 0 Å². The highest BCUT2D eigenvalue weighted by Gasteiger charge is 2.45. The van der Waals surface area contributed by atoms with E-state index in [-0.39, 0.29) is 17.5 Å². The van der Waals surface area contributed by atoms with E-state index in [2.05, 4.69) is 13.8 Å². The maximum atomic E-state index is 11.6. The SMILES string of the molecule is CCC1(CC)CC(CCN)OC1=O. The van der Waals surface area contributed by atoms with Crippen molar-refractivity contribution in [3.8, 4) is 0 Å². The smallest absolute Gasteiger partial charge is 0.312 e. The molecule has 1 atom stereocenters. The minimum Gasteiger partial charge on any atom is -0.462 e. The Morgan fingerprint density at radius 2 is 2.15 bits per heavy atom. The molecular formula is C10H19NO2. The van der Waals surface area contributed by atoms with Crippen molar-refractivity contribution >= 4 is 5.97 Å². The fraction of sp³-hybridized carbons (Fsp3) is 0.900. The Bertz CT molecular complexity index is 187. The highest BCUT2D eigenvalue weighted by molar-refractivity contribution is 5.78. The molecule has 0 amide bonds. The van der Waals surface area contributed by atoms with Crippen molar-refractivity contribution in [2.75, 3.05) is 6.54 Å². The van der Waals surface area contributed by atoms with Gasteiger partial charge in [-0.15, -0.1) is 0 Å². The van der Waals surface area contributed by atoms with Crippen LogP contribution >= 0.6 is 0 Å². The van der Waals surface area contributed by atoms with E-state index in [1.54, 1.807) is 0 Å². The predicted molar refractivity (Wildman–Crippen MR) is 51.2 cm³/mol. The van der Waals surface area contributed by atoms with E-state index >= 15 is 0 Å². The van der Waals surface area contributed by atoms with Crippen LogP contribution in [0.5, 0.6) is 0 Å². The van der Waals surface area contributed by atoms with Gasteiger partial charge in [0, 0.05) is 6.42 Å². The summed E-state index contributed by atoms with van der Waals surface area (Å²) in [6.07, 6.45) is 3.48. The Hall–Kier alpha value is -0.570. The van der Waals surface area contributed by atoms with Crippen LogP contribution in [0.25, 0.3) is 0 Å². The molecule has 0 aromatic carbocycles. The third kappa shape index (κ3) is 1.85. The molecule has 2 N–H and O–H groups in total. The summed E-state index contributed by atoms with van der Waals surface area (Å²) >= 11 is 0. The second-order valence-corrected chi connectivity index (χ2v) is 3.80. The summed E-state index contributed by atoms with van der Waals surface area (Å²) in [5.74, 6) is -0.0176. The van der Waals surface area contributed by atoms with Gasteiger partial charge in [0.1, 0.15) is 6.10 Å². The van der Waals surface area contributed by atoms with Gasteiger partial charge in [-0.1, -0.05) is 13.8 Å². The molecular weight excluding hydrogens is 166 g/mol. The van der Waals surface area contributed by atoms with E-state index in [1.165, 1.54) is 0 Å². The monoisotopic (exact) mass is 185 g/mol. The van der Waals surface area contributed by atoms with Crippen molar-refractivity contribution in [2.24, 2.45) is 11.1 Å². The molecule has 1 rings (SSSR count). The van der Waals surface area contributed by atoms with Gasteiger partial charge in [0.15, 0.2) is 0 Å². The normalized spacial score (nSPS) is 26.1. The summed E-state index contributed by atoms with van der Waals surface area (Å²) in [5, 5.41) is 0. The first kappa shape index (κ1) is 10.5. The fourth-order valence-electron chi connectivity index (χ4n) is 2.01. The van der Waals surface area contributed by atoms with Gasteiger partial charge in [0.05, 0.1) is 5.41 Å². The molecule has 0 bridgehead atoms. The van der Waals surface area contributed by atoms with Gasteiger partial charge >= 0.3 is 5.97 Å². The average Bonchev–Trinajstić information content (AvgIpc) is 2.44. The molecule has 13 heavy (non-hydrogen) atoms. The van der Waals surface area contributed by atoms with Crippen molar-refractivity contribution in [2.45, 2.75) is 45.6 Å². The molecule has 0 aromatic rings. The van der Waals surface area contributed by atoms with Gasteiger partial charge in [-0.25, -0.2) is 0 Å². The van der Waals surface area contributed by atoms with Crippen LogP contribution in [0.2, 0.25) is 0 Å². The first-order valence-electron chi connectivity index (χ1n) is 5.09. The van der Waals surface area contributed by atoms with Crippen LogP contribution in [0.15, 0.2) is 0 Å². The number of ether oxygens (including phenoxy) is 1. The summed E-state index contributed by atoms with van der Waals surface area (Å²) in [5.41, 5.74) is 5.23. The molecule has 1 saturated heterocycles. The lowest BCUT2D eigenvalue weighted by molar-refractivity contribution is -0.149. The van der Waals surface area contributed by atoms with Gasteiger partial charge in [0.2, 0.25) is 0 Å². The lowest BCUT2D eigenvalue weighted by atomic mass is 9.79. The number of hydrogen-bond donors (Lipinski definition) is 1. The first-order valence-corrected chi connectivity index (χ1v) is 5.09. The summed E-state index contributed by atoms with van der Waals surface area (Å²) in [7, 11) is 0. The molecule has 76 valence electrons. The standard InChI is InChI=1S/C10H19NO2/c1-3-10(4-2)7-8(5-6-11)13-9(10)12/h8H,3-7,11H2,1-2H3. The van der Waals surface area contributed by atoms with E-state index < -0.39 is 0 Å². The van der Waals surface area contributed by atoms with Crippen molar-refractivity contribution in [3.63, 3.8) is 0 Å². The number of rotatable bonds is 4. The number of cyclic esters (lactones) is 1. The molecule has 0 aromatic heterocycles. The summed E-state index contributed by atoms with van der Waals surface area (Å²) in [4.78, 5) is 11.6. The molecule has 1 unspecified atom stereocenters. The lowest BCUT2D eigenvalue weighted by Crippen LogP contribution is -2.24. The van der Waals surface area contributed by atoms with Crippen molar-refractivity contribution < 1.29 is 9.53 Å². The first-order chi connectivity index (χ1) is 6.18. The number of hydrogen-bond acceptors (Lipinski definition) is 3. The Morgan fingerprint density at radius 3 is 2.54 bits per heavy atom. The largest absolute Gasteiger partial charge is 0.462 e. The van der Waals surface area contributed by atoms with Gasteiger partial charge in [-0.2, -0.15) is 0 Å². The van der Waals surface area contributed by atoms with E-state index in [1.807, 2.05) is 0 Å². The van der Waals surface area contributed by atoms with Crippen LogP contribution in [0.4, 0.5) is 0 Å². The van der Waals surface area contributed by atoms with Gasteiger partial charge < -0.3 is 10.5 Å². The fourth-order valence-corrected chi connectivity index (χ4v) is 2.01. The van der Waals surface area contributed by atoms with E-state index in [9.17, 15) is 4.79 Å². The molecule has 1 heterocycles. The highest BCUT2D eigenvalue weighted by Crippen LogP contribution is 2.40. The van der Waals surface area contributed by atoms with Gasteiger partial charge in [-0.05, 0) is 25.8 Å². The Morgan fingerprint density at radius 1 is 1.54 bits per heavy atom. The third-order valence-corrected chi connectivity index (χ3v) is 3.17. The Kier molecular flexibility index (Phi) is 3.31. The molecule has 1 aliphatic heterocycles. The number of nitrogens with two attached hydrogens (primary N) is 1. The lowest BCUT2D eigenvalue weighted by Gasteiger charge is -2.19. The van der Waals surface area contributed by atoms with E-state index in [0.717, 1.165) is 25.7 Å². The van der Waals surface area contributed by atoms with E-state index in [0.29, 0.717) is 6.54 Å². The molecule has 1 aliphatic rings. The molecule has 0 spiro atoms. The summed E-state index contributed by atoms with van der Waals surface area (Å²) in [6, 6.07) is 0. The van der Waals surface area contributed by atoms with Gasteiger partial charge in [-0.3, -0.25) is 4.79 Å². The zero-order chi connectivity index (χ0) is 9.90. The number of esters is 1. The quantitative estimate of drug-likeness (QED) is 0.674. The zero-order valence-corrected chi connectivity index (χ0v) is 8.51. The highest BCUT2D eigenvalue weighted by atomic mass is 16.6. The zero-order valence-electron chi connectivity index (χ0n) is 8.51. The molecule has 3 nitrogen and oxygen atoms in total.